The van der Waals surface area contributed by atoms with Gasteiger partial charge in [0.15, 0.2) is 12.4 Å². The van der Waals surface area contributed by atoms with Crippen molar-refractivity contribution in [2.45, 2.75) is 0 Å². The number of nitrogens with zero attached hydrogens (tertiary/aromatic N) is 1. The van der Waals surface area contributed by atoms with Crippen molar-refractivity contribution in [2.24, 2.45) is 0 Å². The molecule has 0 aromatic carbocycles. The standard InChI is InChI=1S/C4H4N2.Mg.HO3P.H2O/c1-2-6-4-3-5-1;;1-4(2)3;/h1-4H;;(H,1,2,3);1H2/q;+2;;/p-1. The van der Waals surface area contributed by atoms with Gasteiger partial charge in [-0.15, -0.1) is 0 Å². The summed E-state index contributed by atoms with van der Waals surface area (Å²) in [6.07, 6.45) is 6.92. The molecule has 0 atom stereocenters. The molecule has 0 aliphatic rings. The Balaban J connectivity index is -0.000000124. The molecular weight excluding hydrogens is 195 g/mol. The van der Waals surface area contributed by atoms with Gasteiger partial charge < -0.3 is 15.3 Å². The number of rotatable bonds is 0. The second-order valence-electron chi connectivity index (χ2n) is 1.17. The molecule has 0 unspecified atom stereocenters. The summed E-state index contributed by atoms with van der Waals surface area (Å²) >= 11 is 0. The van der Waals surface area contributed by atoms with E-state index < -0.39 is 8.25 Å². The summed E-state index contributed by atoms with van der Waals surface area (Å²) in [5, 5.41) is 0. The topological polar surface area (TPSA) is 120 Å². The number of aromatic nitrogens is 2. The molecule has 1 rings (SSSR count). The summed E-state index contributed by atoms with van der Waals surface area (Å²) in [7, 11) is -3.37. The van der Waals surface area contributed by atoms with Crippen LogP contribution in [0.25, 0.3) is 0 Å². The molecule has 2 N–H and O–H groups in total. The second-order valence-corrected chi connectivity index (χ2v) is 1.62. The van der Waals surface area contributed by atoms with Crippen molar-refractivity contribution in [3.05, 3.63) is 24.8 Å². The molecule has 0 radical (unpaired) electrons. The molecule has 0 bridgehead atoms. The molecule has 0 saturated carbocycles. The molecule has 8 heteroatoms. The third-order valence-electron chi connectivity index (χ3n) is 0.514. The first-order valence-corrected chi connectivity index (χ1v) is 3.40. The Bertz CT molecular complexity index is 157. The van der Waals surface area contributed by atoms with Crippen molar-refractivity contribution in [3.63, 3.8) is 0 Å². The minimum Gasteiger partial charge on any atom is -0.870 e. The van der Waals surface area contributed by atoms with E-state index in [1.807, 2.05) is 0 Å². The van der Waals surface area contributed by atoms with Gasteiger partial charge in [-0.2, -0.15) is 0 Å². The Morgan fingerprint density at radius 3 is 1.67 bits per heavy atom. The minimum absolute atomic E-state index is 0. The average Bonchev–Trinajstić information content (AvgIpc) is 1.90. The Hall–Kier alpha value is -0.174. The van der Waals surface area contributed by atoms with Crippen LogP contribution in [0.5, 0.6) is 0 Å². The Labute approximate surface area is 86.1 Å². The van der Waals surface area contributed by atoms with Crippen LogP contribution in [0.3, 0.4) is 0 Å². The number of aromatic amines is 1. The van der Waals surface area contributed by atoms with Crippen molar-refractivity contribution in [1.29, 1.82) is 0 Å². The van der Waals surface area contributed by atoms with Crippen LogP contribution >= 0.6 is 8.25 Å². The molecule has 1 aromatic rings. The monoisotopic (exact) mass is 201 g/mol. The van der Waals surface area contributed by atoms with Gasteiger partial charge in [0.25, 0.3) is 8.25 Å². The molecule has 0 spiro atoms. The molecular formula is C4H6MgN2O4P+. The first-order chi connectivity index (χ1) is 4.73. The zero-order chi connectivity index (χ0) is 7.82. The fourth-order valence-corrected chi connectivity index (χ4v) is 0.277. The van der Waals surface area contributed by atoms with Crippen molar-refractivity contribution >= 4 is 31.3 Å². The van der Waals surface area contributed by atoms with Crippen LogP contribution in [0, 0.1) is 0 Å². The molecule has 0 aliphatic heterocycles. The van der Waals surface area contributed by atoms with E-state index in [-0.39, 0.29) is 28.5 Å². The maximum atomic E-state index is 8.48. The van der Waals surface area contributed by atoms with Crippen LogP contribution in [0.1, 0.15) is 0 Å². The van der Waals surface area contributed by atoms with Gasteiger partial charge >= 0.3 is 23.1 Å². The van der Waals surface area contributed by atoms with E-state index >= 15 is 0 Å². The zero-order valence-electron chi connectivity index (χ0n) is 6.08. The van der Waals surface area contributed by atoms with Gasteiger partial charge in [0.05, 0.1) is 12.4 Å². The number of H-pyrrole nitrogens is 1. The second kappa shape index (κ2) is 13.4. The van der Waals surface area contributed by atoms with Gasteiger partial charge in [0.1, 0.15) is 0 Å². The number of hydrogen-bond donors (Lipinski definition) is 0. The van der Waals surface area contributed by atoms with Crippen LogP contribution in [-0.4, -0.2) is 33.5 Å². The van der Waals surface area contributed by atoms with E-state index in [1.165, 1.54) is 0 Å². The van der Waals surface area contributed by atoms with Gasteiger partial charge in [0.2, 0.25) is 0 Å². The largest absolute Gasteiger partial charge is 2.00 e. The summed E-state index contributed by atoms with van der Waals surface area (Å²) in [5.41, 5.74) is 0. The van der Waals surface area contributed by atoms with E-state index in [2.05, 4.69) is 9.97 Å². The SMILES string of the molecule is O=[P+]([O-])[O-].[Mg+2].[OH-].c1c[nH+]ccn1. The molecule has 1 aromatic heterocycles. The van der Waals surface area contributed by atoms with E-state index in [1.54, 1.807) is 24.8 Å². The molecule has 1 heterocycles. The number of hydrogen-bond acceptors (Lipinski definition) is 5. The molecule has 0 saturated heterocycles. The van der Waals surface area contributed by atoms with E-state index in [4.69, 9.17) is 14.4 Å². The molecule has 0 aliphatic carbocycles. The molecule has 0 fully saturated rings. The maximum absolute atomic E-state index is 8.48. The molecule has 6 nitrogen and oxygen atoms in total. The van der Waals surface area contributed by atoms with Gasteiger partial charge in [-0.3, -0.25) is 4.98 Å². The first kappa shape index (κ1) is 17.8. The summed E-state index contributed by atoms with van der Waals surface area (Å²) in [6.45, 7) is 0. The van der Waals surface area contributed by atoms with Gasteiger partial charge in [-0.05, 0) is 0 Å². The predicted octanol–water partition coefficient (Wildman–Crippen LogP) is -2.30. The van der Waals surface area contributed by atoms with Crippen LogP contribution in [0.2, 0.25) is 0 Å². The smallest absolute Gasteiger partial charge is 0.870 e. The summed E-state index contributed by atoms with van der Waals surface area (Å²) in [4.78, 5) is 23.5. The summed E-state index contributed by atoms with van der Waals surface area (Å²) in [6, 6.07) is 0. The zero-order valence-corrected chi connectivity index (χ0v) is 8.39. The Morgan fingerprint density at radius 1 is 1.25 bits per heavy atom. The van der Waals surface area contributed by atoms with E-state index in [0.717, 1.165) is 0 Å². The first-order valence-electron chi connectivity index (χ1n) is 2.31. The van der Waals surface area contributed by atoms with Crippen molar-refractivity contribution in [1.82, 2.24) is 4.98 Å². The predicted molar refractivity (Wildman–Crippen MR) is 36.1 cm³/mol. The van der Waals surface area contributed by atoms with Gasteiger partial charge in [0, 0.05) is 0 Å². The summed E-state index contributed by atoms with van der Waals surface area (Å²) in [5.74, 6) is 0. The maximum Gasteiger partial charge on any atom is 2.00 e. The van der Waals surface area contributed by atoms with Gasteiger partial charge in [-0.1, -0.05) is 4.57 Å². The Morgan fingerprint density at radius 2 is 1.58 bits per heavy atom. The molecule has 0 amide bonds. The normalized spacial score (nSPS) is 6.17. The average molecular weight is 201 g/mol. The van der Waals surface area contributed by atoms with Crippen LogP contribution < -0.4 is 14.8 Å². The third kappa shape index (κ3) is 22.6. The summed E-state index contributed by atoms with van der Waals surface area (Å²) < 4.78 is 8.48. The van der Waals surface area contributed by atoms with Crippen LogP contribution in [0.4, 0.5) is 0 Å². The minimum atomic E-state index is -3.37. The van der Waals surface area contributed by atoms with Crippen LogP contribution in [0.15, 0.2) is 24.8 Å². The quantitative estimate of drug-likeness (QED) is 0.345. The Kier molecular flexibility index (Phi) is 19.9. The van der Waals surface area contributed by atoms with Crippen molar-refractivity contribution < 1.29 is 24.8 Å². The number of nitrogens with one attached hydrogen (secondary N) is 1. The van der Waals surface area contributed by atoms with E-state index in [9.17, 15) is 0 Å². The molecule has 62 valence electrons. The molecule has 12 heavy (non-hydrogen) atoms. The van der Waals surface area contributed by atoms with E-state index in [0.29, 0.717) is 0 Å². The van der Waals surface area contributed by atoms with Gasteiger partial charge in [-0.25, -0.2) is 4.98 Å². The van der Waals surface area contributed by atoms with Crippen LogP contribution in [-0.2, 0) is 4.57 Å². The van der Waals surface area contributed by atoms with Crippen molar-refractivity contribution in [2.75, 3.05) is 0 Å². The fourth-order valence-electron chi connectivity index (χ4n) is 0.277. The fraction of sp³-hybridized carbons (Fsp3) is 0. The third-order valence-corrected chi connectivity index (χ3v) is 0.514. The van der Waals surface area contributed by atoms with Crippen molar-refractivity contribution in [3.8, 4) is 0 Å².